The number of nitrogens with one attached hydrogen (secondary N) is 1. The number of fused-ring (bicyclic) bond motifs is 1. The van der Waals surface area contributed by atoms with Crippen LogP contribution in [0.15, 0.2) is 85.1 Å². The van der Waals surface area contributed by atoms with Crippen LogP contribution in [-0.2, 0) is 13.1 Å². The van der Waals surface area contributed by atoms with Crippen LogP contribution in [-0.4, -0.2) is 78.4 Å². The fourth-order valence-electron chi connectivity index (χ4n) is 7.48. The van der Waals surface area contributed by atoms with Crippen LogP contribution in [0.3, 0.4) is 0 Å². The molecule has 282 valence electrons. The molecule has 0 spiro atoms. The minimum absolute atomic E-state index is 0.339. The molecule has 0 saturated carbocycles. The second-order valence-corrected chi connectivity index (χ2v) is 13.4. The molecule has 0 bridgehead atoms. The molecule has 1 saturated heterocycles. The lowest BCUT2D eigenvalue weighted by molar-refractivity contribution is 0.201. The van der Waals surface area contributed by atoms with Gasteiger partial charge in [0, 0.05) is 55.7 Å². The van der Waals surface area contributed by atoms with Gasteiger partial charge in [-0.05, 0) is 89.7 Å². The van der Waals surface area contributed by atoms with Gasteiger partial charge >= 0.3 is 0 Å². The Morgan fingerprint density at radius 1 is 0.685 bits per heavy atom. The lowest BCUT2D eigenvalue weighted by Gasteiger charge is -2.40. The lowest BCUT2D eigenvalue weighted by atomic mass is 9.98. The zero-order valence-corrected chi connectivity index (χ0v) is 31.8. The van der Waals surface area contributed by atoms with Gasteiger partial charge in [0.2, 0.25) is 11.5 Å². The Balaban J connectivity index is 1.10. The molecular weight excluding hydrogens is 684 g/mol. The van der Waals surface area contributed by atoms with E-state index in [1.807, 2.05) is 30.5 Å². The third-order valence-electron chi connectivity index (χ3n) is 10.3. The van der Waals surface area contributed by atoms with Crippen molar-refractivity contribution in [2.45, 2.75) is 32.0 Å². The molecule has 5 aromatic rings. The van der Waals surface area contributed by atoms with Gasteiger partial charge in [0.25, 0.3) is 0 Å². The van der Waals surface area contributed by atoms with Crippen LogP contribution in [0, 0.1) is 0 Å². The molecule has 1 N–H and O–H groups in total. The van der Waals surface area contributed by atoms with E-state index in [0.717, 1.165) is 78.5 Å². The summed E-state index contributed by atoms with van der Waals surface area (Å²) < 4.78 is 39.5. The zero-order valence-electron chi connectivity index (χ0n) is 31.8. The molecule has 3 heterocycles. The summed E-state index contributed by atoms with van der Waals surface area (Å²) in [6, 6.07) is 27.6. The third-order valence-corrected chi connectivity index (χ3v) is 10.3. The number of piperidine rings is 1. The number of hydrogen-bond donors (Lipinski definition) is 1. The molecule has 7 rings (SSSR count). The summed E-state index contributed by atoms with van der Waals surface area (Å²) in [5, 5.41) is 3.31. The second-order valence-electron chi connectivity index (χ2n) is 13.4. The highest BCUT2D eigenvalue weighted by atomic mass is 16.5. The average molecular weight is 733 g/mol. The molecule has 1 aromatic heterocycles. The highest BCUT2D eigenvalue weighted by Gasteiger charge is 2.27. The van der Waals surface area contributed by atoms with E-state index < -0.39 is 0 Å². The van der Waals surface area contributed by atoms with Gasteiger partial charge in [0.15, 0.2) is 29.7 Å². The molecule has 11 nitrogen and oxygen atoms in total. The summed E-state index contributed by atoms with van der Waals surface area (Å²) in [5.74, 6) is 4.49. The Bertz CT molecular complexity index is 2030. The van der Waals surface area contributed by atoms with E-state index in [2.05, 4.69) is 74.7 Å². The number of benzene rings is 4. The maximum absolute atomic E-state index is 5.92. The van der Waals surface area contributed by atoms with Crippen molar-refractivity contribution in [3.8, 4) is 62.6 Å². The van der Waals surface area contributed by atoms with Gasteiger partial charge in [-0.25, -0.2) is 0 Å². The van der Waals surface area contributed by atoms with Gasteiger partial charge in [0.05, 0.1) is 54.0 Å². The number of methoxy groups -OCH3 is 6. The molecule has 0 unspecified atom stereocenters. The maximum atomic E-state index is 5.92. The molecule has 1 fully saturated rings. The van der Waals surface area contributed by atoms with Crippen LogP contribution in [0.4, 0.5) is 11.4 Å². The largest absolute Gasteiger partial charge is 0.493 e. The van der Waals surface area contributed by atoms with Crippen LogP contribution in [0.2, 0.25) is 0 Å². The summed E-state index contributed by atoms with van der Waals surface area (Å²) in [7, 11) is 9.76. The standard InChI is InChI=1S/C43H48N4O7/c1-48-38-20-31(21-39(49-2)42(38)52-5)30-9-7-8-28(18-30)26-47(34-10-11-35-37(24-34)54-27-45-35)33-13-16-46(17-14-33)25-29-12-15-44-36(19-29)32-22-40(50-3)43(53-6)41(23-32)51-4/h7-12,15,18-24,33,45H,13-14,16-17,25-27H2,1-6H3. The van der Waals surface area contributed by atoms with Crippen molar-refractivity contribution in [2.24, 2.45) is 0 Å². The molecule has 0 amide bonds. The van der Waals surface area contributed by atoms with Gasteiger partial charge in [-0.2, -0.15) is 0 Å². The molecule has 2 aliphatic rings. The highest BCUT2D eigenvalue weighted by Crippen LogP contribution is 2.43. The van der Waals surface area contributed by atoms with Crippen molar-refractivity contribution in [3.63, 3.8) is 0 Å². The minimum atomic E-state index is 0.339. The first-order valence-electron chi connectivity index (χ1n) is 18.1. The molecule has 4 aromatic carbocycles. The number of rotatable bonds is 14. The van der Waals surface area contributed by atoms with Crippen LogP contribution in [0.25, 0.3) is 22.4 Å². The molecule has 0 aliphatic carbocycles. The van der Waals surface area contributed by atoms with Gasteiger partial charge in [-0.15, -0.1) is 0 Å². The summed E-state index contributed by atoms with van der Waals surface area (Å²) in [6.07, 6.45) is 3.92. The molecule has 2 aliphatic heterocycles. The number of hydrogen-bond acceptors (Lipinski definition) is 11. The lowest BCUT2D eigenvalue weighted by Crippen LogP contribution is -2.44. The van der Waals surface area contributed by atoms with E-state index in [-0.39, 0.29) is 0 Å². The first-order valence-corrected chi connectivity index (χ1v) is 18.1. The smallest absolute Gasteiger partial charge is 0.203 e. The van der Waals surface area contributed by atoms with Crippen LogP contribution < -0.4 is 43.4 Å². The van der Waals surface area contributed by atoms with Crippen molar-refractivity contribution >= 4 is 11.4 Å². The fraction of sp³-hybridized carbons (Fsp3) is 0.326. The van der Waals surface area contributed by atoms with Crippen molar-refractivity contribution in [3.05, 3.63) is 96.2 Å². The van der Waals surface area contributed by atoms with E-state index in [1.54, 1.807) is 42.7 Å². The summed E-state index contributed by atoms with van der Waals surface area (Å²) in [4.78, 5) is 9.76. The Kier molecular flexibility index (Phi) is 11.1. The normalized spacial score (nSPS) is 14.0. The summed E-state index contributed by atoms with van der Waals surface area (Å²) in [5.41, 5.74) is 8.42. The zero-order chi connectivity index (χ0) is 37.6. The van der Waals surface area contributed by atoms with Crippen molar-refractivity contribution in [1.82, 2.24) is 9.88 Å². The Morgan fingerprint density at radius 2 is 1.33 bits per heavy atom. The Hall–Kier alpha value is -5.81. The van der Waals surface area contributed by atoms with E-state index >= 15 is 0 Å². The predicted octanol–water partition coefficient (Wildman–Crippen LogP) is 7.90. The van der Waals surface area contributed by atoms with Crippen LogP contribution >= 0.6 is 0 Å². The molecule has 0 atom stereocenters. The predicted molar refractivity (Wildman–Crippen MR) is 211 cm³/mol. The molecule has 0 radical (unpaired) electrons. The topological polar surface area (TPSA) is 96.0 Å². The second kappa shape index (κ2) is 16.5. The van der Waals surface area contributed by atoms with Crippen LogP contribution in [0.5, 0.6) is 40.2 Å². The van der Waals surface area contributed by atoms with E-state index in [0.29, 0.717) is 47.3 Å². The summed E-state index contributed by atoms with van der Waals surface area (Å²) >= 11 is 0. The summed E-state index contributed by atoms with van der Waals surface area (Å²) in [6.45, 7) is 4.01. The Morgan fingerprint density at radius 3 is 1.96 bits per heavy atom. The maximum Gasteiger partial charge on any atom is 0.203 e. The van der Waals surface area contributed by atoms with Crippen LogP contribution in [0.1, 0.15) is 24.0 Å². The van der Waals surface area contributed by atoms with Crippen molar-refractivity contribution < 1.29 is 33.2 Å². The number of nitrogens with zero attached hydrogens (tertiary/aromatic N) is 3. The number of likely N-dealkylation sites (tertiary alicyclic amines) is 1. The van der Waals surface area contributed by atoms with E-state index in [9.17, 15) is 0 Å². The van der Waals surface area contributed by atoms with Gasteiger partial charge in [-0.1, -0.05) is 18.2 Å². The first kappa shape index (κ1) is 36.5. The minimum Gasteiger partial charge on any atom is -0.493 e. The number of anilines is 2. The molecular formula is C43H48N4O7. The Labute approximate surface area is 317 Å². The van der Waals surface area contributed by atoms with E-state index in [1.165, 1.54) is 11.1 Å². The number of aromatic nitrogens is 1. The quantitative estimate of drug-likeness (QED) is 0.121. The van der Waals surface area contributed by atoms with Crippen molar-refractivity contribution in [1.29, 1.82) is 0 Å². The monoisotopic (exact) mass is 732 g/mol. The van der Waals surface area contributed by atoms with E-state index in [4.69, 9.17) is 33.2 Å². The SMILES string of the molecule is COc1cc(-c2cccc(CN(c3ccc4c(c3)OCN4)C3CCN(Cc4ccnc(-c5cc(OC)c(OC)c(OC)c5)c4)CC3)c2)cc(OC)c1OC. The fourth-order valence-corrected chi connectivity index (χ4v) is 7.48. The number of ether oxygens (including phenoxy) is 7. The number of pyridine rings is 1. The first-order chi connectivity index (χ1) is 26.4. The van der Waals surface area contributed by atoms with Crippen molar-refractivity contribution in [2.75, 3.05) is 72.7 Å². The molecule has 11 heteroatoms. The van der Waals surface area contributed by atoms with Gasteiger partial charge in [0.1, 0.15) is 5.75 Å². The van der Waals surface area contributed by atoms with Gasteiger partial charge < -0.3 is 43.4 Å². The van der Waals surface area contributed by atoms with Gasteiger partial charge in [-0.3, -0.25) is 9.88 Å². The average Bonchev–Trinajstić information content (AvgIpc) is 3.70. The molecule has 54 heavy (non-hydrogen) atoms. The third kappa shape index (κ3) is 7.63. The highest BCUT2D eigenvalue weighted by molar-refractivity contribution is 5.72.